The van der Waals surface area contributed by atoms with Crippen LogP contribution in [0, 0.1) is 21.7 Å². The lowest BCUT2D eigenvalue weighted by Crippen LogP contribution is -2.37. The molecule has 0 bridgehead atoms. The summed E-state index contributed by atoms with van der Waals surface area (Å²) in [6, 6.07) is 0. The lowest BCUT2D eigenvalue weighted by atomic mass is 9.93. The van der Waals surface area contributed by atoms with Crippen molar-refractivity contribution >= 4 is 11.9 Å². The van der Waals surface area contributed by atoms with E-state index in [0.29, 0.717) is 12.2 Å². The summed E-state index contributed by atoms with van der Waals surface area (Å²) < 4.78 is 0. The van der Waals surface area contributed by atoms with Gasteiger partial charge in [-0.25, -0.2) is 9.59 Å². The molecule has 0 aliphatic heterocycles. The number of aliphatic hydroxyl groups is 16. The third-order valence-corrected chi connectivity index (χ3v) is 5.74. The maximum absolute atomic E-state index is 9.55. The highest BCUT2D eigenvalue weighted by Gasteiger charge is 2.28. The van der Waals surface area contributed by atoms with Crippen LogP contribution in [0.15, 0.2) is 12.2 Å². The van der Waals surface area contributed by atoms with Crippen molar-refractivity contribution in [1.82, 2.24) is 0 Å². The number of carboxylic acid groups (broad SMARTS) is 2. The summed E-state index contributed by atoms with van der Waals surface area (Å²) in [7, 11) is 0. The van der Waals surface area contributed by atoms with Gasteiger partial charge in [0.05, 0.1) is 127 Å². The molecule has 0 amide bonds. The van der Waals surface area contributed by atoms with E-state index in [9.17, 15) is 9.59 Å². The van der Waals surface area contributed by atoms with Crippen LogP contribution in [0.3, 0.4) is 0 Å². The van der Waals surface area contributed by atoms with E-state index >= 15 is 0 Å². The summed E-state index contributed by atoms with van der Waals surface area (Å²) in [4.78, 5) is 19.1. The van der Waals surface area contributed by atoms with Crippen LogP contribution in [-0.2, 0) is 9.59 Å². The minimum atomic E-state index is -1.26. The fourth-order valence-electron chi connectivity index (χ4n) is 1.34. The molecule has 0 aliphatic rings. The Morgan fingerprint density at radius 3 is 0.409 bits per heavy atom. The smallest absolute Gasteiger partial charge is 0.328 e. The predicted molar refractivity (Wildman–Crippen MR) is 148 cm³/mol. The van der Waals surface area contributed by atoms with Crippen molar-refractivity contribution in [3.63, 3.8) is 0 Å². The third-order valence-electron chi connectivity index (χ3n) is 5.74. The van der Waals surface area contributed by atoms with Crippen LogP contribution in [0.25, 0.3) is 0 Å². The van der Waals surface area contributed by atoms with Crippen molar-refractivity contribution in [2.24, 2.45) is 21.7 Å². The molecule has 0 aliphatic carbocycles. The number of rotatable bonds is 18. The highest BCUT2D eigenvalue weighted by Crippen LogP contribution is 2.13. The van der Waals surface area contributed by atoms with Gasteiger partial charge in [-0.1, -0.05) is 0 Å². The van der Waals surface area contributed by atoms with Gasteiger partial charge in [0, 0.05) is 12.2 Å². The summed E-state index contributed by atoms with van der Waals surface area (Å²) in [5.74, 6) is -2.51. The SMILES string of the molecule is O=C(O)/C=C\C(=O)O.OCC(CO)(CO)CO.OCC(CO)(CO)CO.OCC(CO)(CO)CO.OCC(CO)(CO)CO. The summed E-state index contributed by atoms with van der Waals surface area (Å²) in [5.41, 5.74) is -4.44. The van der Waals surface area contributed by atoms with Gasteiger partial charge in [-0.05, 0) is 0 Å². The fraction of sp³-hybridized carbons (Fsp3) is 0.833. The molecule has 44 heavy (non-hydrogen) atoms. The number of carboxylic acids is 2. The lowest BCUT2D eigenvalue weighted by molar-refractivity contribution is -0.134. The van der Waals surface area contributed by atoms with E-state index in [2.05, 4.69) is 0 Å². The Bertz CT molecular complexity index is 507. The lowest BCUT2D eigenvalue weighted by Gasteiger charge is -2.23. The molecule has 20 heteroatoms. The van der Waals surface area contributed by atoms with Gasteiger partial charge in [0.25, 0.3) is 0 Å². The summed E-state index contributed by atoms with van der Waals surface area (Å²) in [6.07, 6.45) is 1.12. The molecule has 0 fully saturated rings. The Labute approximate surface area is 253 Å². The molecule has 20 nitrogen and oxygen atoms in total. The van der Waals surface area contributed by atoms with Crippen LogP contribution in [0.5, 0.6) is 0 Å². The van der Waals surface area contributed by atoms with Crippen molar-refractivity contribution < 1.29 is 102 Å². The average molecular weight is 661 g/mol. The van der Waals surface area contributed by atoms with Crippen molar-refractivity contribution in [1.29, 1.82) is 0 Å². The second-order valence-corrected chi connectivity index (χ2v) is 9.54. The number of aliphatic hydroxyl groups excluding tert-OH is 16. The van der Waals surface area contributed by atoms with Gasteiger partial charge < -0.3 is 91.9 Å². The standard InChI is InChI=1S/4C5H12O4.C4H4O4/c4*6-1-5(2-7,3-8)4-9;5-3(6)1-2-4(7)8/h4*6-9H,1-4H2;1-2H,(H,5,6)(H,7,8)/b;;;;2-1-. The van der Waals surface area contributed by atoms with E-state index in [1.165, 1.54) is 0 Å². The highest BCUT2D eigenvalue weighted by atomic mass is 16.4. The van der Waals surface area contributed by atoms with Crippen LogP contribution in [0.1, 0.15) is 0 Å². The van der Waals surface area contributed by atoms with Gasteiger partial charge in [-0.2, -0.15) is 0 Å². The van der Waals surface area contributed by atoms with Gasteiger partial charge >= 0.3 is 11.9 Å². The van der Waals surface area contributed by atoms with Crippen molar-refractivity contribution in [2.45, 2.75) is 0 Å². The molecule has 0 atom stereocenters. The number of aliphatic carboxylic acids is 2. The molecule has 268 valence electrons. The van der Waals surface area contributed by atoms with Crippen LogP contribution >= 0.6 is 0 Å². The van der Waals surface area contributed by atoms with Crippen LogP contribution in [0.4, 0.5) is 0 Å². The summed E-state index contributed by atoms with van der Waals surface area (Å²) in [6.45, 7) is -6.50. The molecule has 0 aromatic heterocycles. The van der Waals surface area contributed by atoms with E-state index in [0.717, 1.165) is 0 Å². The van der Waals surface area contributed by atoms with E-state index < -0.39 is 139 Å². The van der Waals surface area contributed by atoms with Gasteiger partial charge in [-0.3, -0.25) is 0 Å². The number of hydrogen-bond donors (Lipinski definition) is 18. The maximum atomic E-state index is 9.55. The van der Waals surface area contributed by atoms with Gasteiger partial charge in [-0.15, -0.1) is 0 Å². The molecule has 0 aromatic carbocycles. The van der Waals surface area contributed by atoms with Crippen LogP contribution in [0.2, 0.25) is 0 Å². The van der Waals surface area contributed by atoms with E-state index in [4.69, 9.17) is 91.9 Å². The molecule has 0 aromatic rings. The van der Waals surface area contributed by atoms with Gasteiger partial charge in [0.15, 0.2) is 0 Å². The first-order valence-electron chi connectivity index (χ1n) is 12.5. The highest BCUT2D eigenvalue weighted by molar-refractivity contribution is 5.89. The van der Waals surface area contributed by atoms with E-state index in [1.54, 1.807) is 0 Å². The van der Waals surface area contributed by atoms with Gasteiger partial charge in [0.1, 0.15) is 0 Å². The van der Waals surface area contributed by atoms with Crippen LogP contribution in [-0.4, -0.2) is 210 Å². The van der Waals surface area contributed by atoms with E-state index in [-0.39, 0.29) is 0 Å². The zero-order valence-corrected chi connectivity index (χ0v) is 24.3. The van der Waals surface area contributed by atoms with Gasteiger partial charge in [0.2, 0.25) is 0 Å². The van der Waals surface area contributed by atoms with Crippen molar-refractivity contribution in [3.05, 3.63) is 12.2 Å². The Kier molecular flexibility index (Phi) is 36.4. The minimum Gasteiger partial charge on any atom is -0.478 e. The third kappa shape index (κ3) is 23.4. The molecular weight excluding hydrogens is 608 g/mol. The normalized spacial score (nSPS) is 11.5. The first-order valence-corrected chi connectivity index (χ1v) is 12.5. The van der Waals surface area contributed by atoms with Crippen molar-refractivity contribution in [3.8, 4) is 0 Å². The molecule has 0 heterocycles. The quantitative estimate of drug-likeness (QED) is 0.0606. The molecular formula is C24H52O20. The Balaban J connectivity index is -0.000000144. The first-order chi connectivity index (χ1) is 20.6. The Morgan fingerprint density at radius 1 is 0.295 bits per heavy atom. The molecule has 0 saturated carbocycles. The zero-order valence-electron chi connectivity index (χ0n) is 24.3. The topological polar surface area (TPSA) is 398 Å². The zero-order chi connectivity index (χ0) is 35.9. The summed E-state index contributed by atoms with van der Waals surface area (Å²) in [5, 5.41) is 152. The Morgan fingerprint density at radius 2 is 0.386 bits per heavy atom. The molecule has 0 radical (unpaired) electrons. The molecule has 0 unspecified atom stereocenters. The second-order valence-electron chi connectivity index (χ2n) is 9.54. The number of carbonyl (C=O) groups is 2. The molecule has 0 rings (SSSR count). The average Bonchev–Trinajstić information content (AvgIpc) is 3.07. The minimum absolute atomic E-state index is 0.406. The summed E-state index contributed by atoms with van der Waals surface area (Å²) >= 11 is 0. The van der Waals surface area contributed by atoms with Crippen molar-refractivity contribution in [2.75, 3.05) is 106 Å². The molecule has 0 spiro atoms. The van der Waals surface area contributed by atoms with E-state index in [1.807, 2.05) is 0 Å². The van der Waals surface area contributed by atoms with Crippen LogP contribution < -0.4 is 0 Å². The predicted octanol–water partition coefficient (Wildman–Crippen LogP) is -8.52. The maximum Gasteiger partial charge on any atom is 0.328 e. The fourth-order valence-corrected chi connectivity index (χ4v) is 1.34. The Hall–Kier alpha value is -1.96. The monoisotopic (exact) mass is 660 g/mol. The number of hydrogen-bond acceptors (Lipinski definition) is 18. The molecule has 0 saturated heterocycles. The first kappa shape index (κ1) is 51.6. The largest absolute Gasteiger partial charge is 0.478 e. The second kappa shape index (κ2) is 31.0. The molecule has 18 N–H and O–H groups in total.